The molecule has 3 heterocycles. The molecule has 2 aromatic rings. The quantitative estimate of drug-likeness (QED) is 0.842. The van der Waals surface area contributed by atoms with E-state index in [0.29, 0.717) is 6.04 Å². The van der Waals surface area contributed by atoms with Gasteiger partial charge in [0.2, 0.25) is 0 Å². The van der Waals surface area contributed by atoms with Crippen molar-refractivity contribution in [2.24, 2.45) is 0 Å². The number of carbonyl (C=O) groups excluding carboxylic acids is 1. The van der Waals surface area contributed by atoms with E-state index >= 15 is 0 Å². The van der Waals surface area contributed by atoms with Gasteiger partial charge in [-0.15, -0.1) is 0 Å². The third kappa shape index (κ3) is 2.18. The minimum atomic E-state index is -0.335. The molecular formula is C16H17N3O2. The lowest BCUT2D eigenvalue weighted by atomic mass is 10.00. The molecule has 0 aliphatic carbocycles. The summed E-state index contributed by atoms with van der Waals surface area (Å²) in [4.78, 5) is 14.3. The first-order chi connectivity index (χ1) is 10.3. The van der Waals surface area contributed by atoms with Gasteiger partial charge >= 0.3 is 0 Å². The van der Waals surface area contributed by atoms with Crippen LogP contribution in [0.15, 0.2) is 42.7 Å². The molecular weight excluding hydrogens is 266 g/mol. The van der Waals surface area contributed by atoms with E-state index < -0.39 is 0 Å². The second-order valence-electron chi connectivity index (χ2n) is 5.64. The van der Waals surface area contributed by atoms with Gasteiger partial charge in [-0.2, -0.15) is 5.10 Å². The predicted molar refractivity (Wildman–Crippen MR) is 77.0 cm³/mol. The first kappa shape index (κ1) is 12.4. The van der Waals surface area contributed by atoms with Crippen molar-refractivity contribution >= 4 is 5.91 Å². The number of aryl methyl sites for hydroxylation is 1. The number of hydrogen-bond acceptors (Lipinski definition) is 3. The second-order valence-corrected chi connectivity index (χ2v) is 5.64. The van der Waals surface area contributed by atoms with Crippen molar-refractivity contribution in [3.8, 4) is 5.75 Å². The lowest BCUT2D eigenvalue weighted by molar-refractivity contribution is -0.145. The molecule has 2 aliphatic rings. The van der Waals surface area contributed by atoms with E-state index in [1.54, 1.807) is 6.20 Å². The van der Waals surface area contributed by atoms with Crippen LogP contribution >= 0.6 is 0 Å². The predicted octanol–water partition coefficient (Wildman–Crippen LogP) is 1.66. The lowest BCUT2D eigenvalue weighted by Gasteiger charge is -2.41. The van der Waals surface area contributed by atoms with Crippen molar-refractivity contribution in [1.29, 1.82) is 0 Å². The Balaban J connectivity index is 1.39. The maximum absolute atomic E-state index is 12.5. The summed E-state index contributed by atoms with van der Waals surface area (Å²) in [5.41, 5.74) is 1.19. The van der Waals surface area contributed by atoms with E-state index in [0.717, 1.165) is 31.7 Å². The summed E-state index contributed by atoms with van der Waals surface area (Å²) in [5.74, 6) is 0.958. The average Bonchev–Trinajstić information content (AvgIpc) is 2.99. The molecule has 5 nitrogen and oxygen atoms in total. The lowest BCUT2D eigenvalue weighted by Crippen LogP contribution is -2.55. The number of carbonyl (C=O) groups is 1. The van der Waals surface area contributed by atoms with Crippen LogP contribution in [-0.2, 0) is 11.2 Å². The summed E-state index contributed by atoms with van der Waals surface area (Å²) < 4.78 is 7.78. The standard InChI is InChI=1S/C16H17N3O2/c20-16(18-10-13(11-18)19-9-3-8-17-19)15-7-6-12-4-1-2-5-14(12)21-15/h1-5,8-9,13,15H,6-7,10-11H2. The zero-order valence-corrected chi connectivity index (χ0v) is 11.7. The number of benzene rings is 1. The van der Waals surface area contributed by atoms with Gasteiger partial charge in [0.05, 0.1) is 6.04 Å². The highest BCUT2D eigenvalue weighted by molar-refractivity contribution is 5.82. The van der Waals surface area contributed by atoms with Gasteiger partial charge in [-0.05, 0) is 30.5 Å². The first-order valence-electron chi connectivity index (χ1n) is 7.34. The molecule has 1 atom stereocenters. The molecule has 21 heavy (non-hydrogen) atoms. The first-order valence-corrected chi connectivity index (χ1v) is 7.34. The average molecular weight is 283 g/mol. The normalized spacial score (nSPS) is 21.3. The van der Waals surface area contributed by atoms with Gasteiger partial charge in [-0.1, -0.05) is 18.2 Å². The highest BCUT2D eigenvalue weighted by atomic mass is 16.5. The van der Waals surface area contributed by atoms with E-state index in [2.05, 4.69) is 11.2 Å². The summed E-state index contributed by atoms with van der Waals surface area (Å²) in [6.07, 6.45) is 5.05. The Bertz CT molecular complexity index is 647. The van der Waals surface area contributed by atoms with Crippen LogP contribution in [-0.4, -0.2) is 39.8 Å². The molecule has 2 aliphatic heterocycles. The number of fused-ring (bicyclic) bond motifs is 1. The third-order valence-corrected chi connectivity index (χ3v) is 4.27. The largest absolute Gasteiger partial charge is 0.480 e. The maximum Gasteiger partial charge on any atom is 0.263 e. The fourth-order valence-electron chi connectivity index (χ4n) is 3.00. The molecule has 0 bridgehead atoms. The summed E-state index contributed by atoms with van der Waals surface area (Å²) in [5, 5.41) is 4.22. The van der Waals surface area contributed by atoms with Crippen molar-refractivity contribution < 1.29 is 9.53 Å². The van der Waals surface area contributed by atoms with Gasteiger partial charge in [0.1, 0.15) is 5.75 Å². The van der Waals surface area contributed by atoms with Crippen molar-refractivity contribution in [3.05, 3.63) is 48.3 Å². The van der Waals surface area contributed by atoms with Gasteiger partial charge in [-0.3, -0.25) is 9.48 Å². The summed E-state index contributed by atoms with van der Waals surface area (Å²) in [6, 6.07) is 10.2. The van der Waals surface area contributed by atoms with E-state index in [1.807, 2.05) is 40.0 Å². The topological polar surface area (TPSA) is 47.4 Å². The number of para-hydroxylation sites is 1. The summed E-state index contributed by atoms with van der Waals surface area (Å²) in [6.45, 7) is 1.45. The zero-order valence-electron chi connectivity index (χ0n) is 11.7. The number of likely N-dealkylation sites (tertiary alicyclic amines) is 1. The number of rotatable bonds is 2. The minimum Gasteiger partial charge on any atom is -0.480 e. The molecule has 0 N–H and O–H groups in total. The fraction of sp³-hybridized carbons (Fsp3) is 0.375. The monoisotopic (exact) mass is 283 g/mol. The van der Waals surface area contributed by atoms with Crippen molar-refractivity contribution in [2.75, 3.05) is 13.1 Å². The van der Waals surface area contributed by atoms with Crippen LogP contribution in [0.4, 0.5) is 0 Å². The molecule has 1 amide bonds. The van der Waals surface area contributed by atoms with E-state index in [-0.39, 0.29) is 12.0 Å². The zero-order chi connectivity index (χ0) is 14.2. The van der Waals surface area contributed by atoms with E-state index in [1.165, 1.54) is 5.56 Å². The van der Waals surface area contributed by atoms with Crippen LogP contribution in [0.1, 0.15) is 18.0 Å². The molecule has 4 rings (SSSR count). The van der Waals surface area contributed by atoms with Gasteiger partial charge in [-0.25, -0.2) is 0 Å². The number of hydrogen-bond donors (Lipinski definition) is 0. The summed E-state index contributed by atoms with van der Waals surface area (Å²) >= 11 is 0. The van der Waals surface area contributed by atoms with Crippen LogP contribution in [0.2, 0.25) is 0 Å². The molecule has 5 heteroatoms. The minimum absolute atomic E-state index is 0.105. The Labute approximate surface area is 123 Å². The molecule has 1 fully saturated rings. The van der Waals surface area contributed by atoms with Gasteiger partial charge < -0.3 is 9.64 Å². The number of nitrogens with zero attached hydrogens (tertiary/aromatic N) is 3. The molecule has 1 saturated heterocycles. The Morgan fingerprint density at radius 1 is 1.24 bits per heavy atom. The Kier molecular flexibility index (Phi) is 2.91. The van der Waals surface area contributed by atoms with Crippen LogP contribution in [0, 0.1) is 0 Å². The van der Waals surface area contributed by atoms with Crippen molar-refractivity contribution in [3.63, 3.8) is 0 Å². The fourth-order valence-corrected chi connectivity index (χ4v) is 3.00. The number of amides is 1. The molecule has 0 spiro atoms. The van der Waals surface area contributed by atoms with Crippen LogP contribution < -0.4 is 4.74 Å². The van der Waals surface area contributed by atoms with Crippen LogP contribution in [0.5, 0.6) is 5.75 Å². The maximum atomic E-state index is 12.5. The second kappa shape index (κ2) is 4.91. The smallest absolute Gasteiger partial charge is 0.263 e. The van der Waals surface area contributed by atoms with E-state index in [9.17, 15) is 4.79 Å². The molecule has 0 radical (unpaired) electrons. The SMILES string of the molecule is O=C(C1CCc2ccccc2O1)N1CC(n2cccn2)C1. The van der Waals surface area contributed by atoms with Gasteiger partial charge in [0.25, 0.3) is 5.91 Å². The van der Waals surface area contributed by atoms with Crippen LogP contribution in [0.3, 0.4) is 0 Å². The van der Waals surface area contributed by atoms with Crippen molar-refractivity contribution in [2.45, 2.75) is 25.0 Å². The molecule has 1 aromatic heterocycles. The van der Waals surface area contributed by atoms with Gasteiger partial charge in [0.15, 0.2) is 6.10 Å². The Morgan fingerprint density at radius 2 is 2.10 bits per heavy atom. The molecule has 0 saturated carbocycles. The Hall–Kier alpha value is -2.30. The van der Waals surface area contributed by atoms with Crippen LogP contribution in [0.25, 0.3) is 0 Å². The Morgan fingerprint density at radius 3 is 2.90 bits per heavy atom. The molecule has 1 unspecified atom stereocenters. The molecule has 108 valence electrons. The number of aromatic nitrogens is 2. The van der Waals surface area contributed by atoms with E-state index in [4.69, 9.17) is 4.74 Å². The van der Waals surface area contributed by atoms with Gasteiger partial charge in [0, 0.05) is 25.5 Å². The summed E-state index contributed by atoms with van der Waals surface area (Å²) in [7, 11) is 0. The third-order valence-electron chi connectivity index (χ3n) is 4.27. The number of ether oxygens (including phenoxy) is 1. The highest BCUT2D eigenvalue weighted by Crippen LogP contribution is 2.29. The van der Waals surface area contributed by atoms with Crippen molar-refractivity contribution in [1.82, 2.24) is 14.7 Å². The highest BCUT2D eigenvalue weighted by Gasteiger charge is 2.37. The molecule has 1 aromatic carbocycles.